The highest BCUT2D eigenvalue weighted by Crippen LogP contribution is 2.23. The Balaban J connectivity index is 0.00000265. The molecule has 1 aromatic rings. The summed E-state index contributed by atoms with van der Waals surface area (Å²) in [7, 11) is 1.00. The summed E-state index contributed by atoms with van der Waals surface area (Å²) in [4.78, 5) is 16.6. The lowest BCUT2D eigenvalue weighted by atomic mass is 9.94. The Kier molecular flexibility index (Phi) is 14.4. The third kappa shape index (κ3) is 10.7. The van der Waals surface area contributed by atoms with Crippen LogP contribution in [0, 0.1) is 5.92 Å². The molecule has 2 rings (SSSR count). The molecule has 6 heteroatoms. The molecular weight excluding hydrogens is 418 g/mol. The van der Waals surface area contributed by atoms with Crippen molar-refractivity contribution < 1.29 is 24.2 Å². The van der Waals surface area contributed by atoms with Crippen LogP contribution in [0.4, 0.5) is 0 Å². The van der Waals surface area contributed by atoms with E-state index in [-0.39, 0.29) is 12.5 Å². The Hall–Kier alpha value is -3.38. The quantitative estimate of drug-likeness (QED) is 0.112. The largest absolute Gasteiger partial charge is 0.487 e. The number of allylic oxidation sites excluding steroid dienone is 7. The second-order valence-corrected chi connectivity index (χ2v) is 7.03. The summed E-state index contributed by atoms with van der Waals surface area (Å²) >= 11 is 0. The van der Waals surface area contributed by atoms with Gasteiger partial charge in [-0.1, -0.05) is 55.4 Å². The first-order chi connectivity index (χ1) is 16.2. The number of carbonyl (C=O) groups is 1. The molecule has 6 nitrogen and oxygen atoms in total. The van der Waals surface area contributed by atoms with Gasteiger partial charge in [0.25, 0.3) is 0 Å². The van der Waals surface area contributed by atoms with Crippen LogP contribution in [-0.2, 0) is 14.4 Å². The molecule has 0 saturated carbocycles. The van der Waals surface area contributed by atoms with Crippen LogP contribution in [0.2, 0.25) is 0 Å². The van der Waals surface area contributed by atoms with Crippen molar-refractivity contribution in [1.82, 2.24) is 0 Å². The fraction of sp³-hybridized carbons (Fsp3) is 0.333. The van der Waals surface area contributed by atoms with Crippen molar-refractivity contribution in [3.05, 3.63) is 90.0 Å². The Morgan fingerprint density at radius 2 is 1.97 bits per heavy atom. The number of carbonyl (C=O) groups excluding carboxylic acids is 1. The third-order valence-electron chi connectivity index (χ3n) is 4.59. The smallest absolute Gasteiger partial charge is 0.146 e. The molecule has 0 bridgehead atoms. The second-order valence-electron chi connectivity index (χ2n) is 7.03. The van der Waals surface area contributed by atoms with Crippen molar-refractivity contribution in [2.75, 3.05) is 20.3 Å². The highest BCUT2D eigenvalue weighted by Gasteiger charge is 2.15. The van der Waals surface area contributed by atoms with E-state index in [1.54, 1.807) is 12.3 Å². The first-order valence-corrected chi connectivity index (χ1v) is 11.0. The maximum absolute atomic E-state index is 11.2. The Morgan fingerprint density at radius 3 is 2.64 bits per heavy atom. The number of aliphatic hydroxyl groups excluding tert-OH is 1. The summed E-state index contributed by atoms with van der Waals surface area (Å²) in [5.41, 5.74) is 2.29. The maximum atomic E-state index is 11.2. The zero-order valence-electron chi connectivity index (χ0n) is 19.9. The zero-order valence-corrected chi connectivity index (χ0v) is 19.9. The predicted molar refractivity (Wildman–Crippen MR) is 133 cm³/mol. The van der Waals surface area contributed by atoms with E-state index in [4.69, 9.17) is 19.4 Å². The van der Waals surface area contributed by atoms with Gasteiger partial charge in [-0.15, -0.1) is 0 Å². The van der Waals surface area contributed by atoms with E-state index in [1.165, 1.54) is 0 Å². The minimum atomic E-state index is 0.213. The van der Waals surface area contributed by atoms with Gasteiger partial charge >= 0.3 is 0 Å². The fourth-order valence-electron chi connectivity index (χ4n) is 2.75. The lowest BCUT2D eigenvalue weighted by Gasteiger charge is -2.17. The second kappa shape index (κ2) is 17.2. The molecule has 0 fully saturated rings. The zero-order chi connectivity index (χ0) is 24.3. The molecule has 1 unspecified atom stereocenters. The van der Waals surface area contributed by atoms with Crippen LogP contribution < -0.4 is 4.74 Å². The molecule has 0 spiro atoms. The molecule has 33 heavy (non-hydrogen) atoms. The summed E-state index contributed by atoms with van der Waals surface area (Å²) in [6.07, 6.45) is 15.5. The number of aliphatic hydroxyl groups is 1. The van der Waals surface area contributed by atoms with Gasteiger partial charge < -0.3 is 19.4 Å². The van der Waals surface area contributed by atoms with Crippen LogP contribution in [0.3, 0.4) is 0 Å². The van der Waals surface area contributed by atoms with E-state index in [0.29, 0.717) is 18.1 Å². The number of nitrogens with zero attached hydrogens (tertiary/aromatic N) is 1. The van der Waals surface area contributed by atoms with Crippen LogP contribution in [0.5, 0.6) is 5.75 Å². The van der Waals surface area contributed by atoms with Crippen molar-refractivity contribution >= 4 is 12.0 Å². The lowest BCUT2D eigenvalue weighted by molar-refractivity contribution is -0.105. The summed E-state index contributed by atoms with van der Waals surface area (Å²) in [6, 6.07) is 9.57. The van der Waals surface area contributed by atoms with Gasteiger partial charge in [-0.3, -0.25) is 4.79 Å². The molecular formula is C27H35NO5. The van der Waals surface area contributed by atoms with Gasteiger partial charge in [0.15, 0.2) is 0 Å². The van der Waals surface area contributed by atoms with Crippen molar-refractivity contribution in [3.8, 4) is 5.75 Å². The molecule has 1 aromatic carbocycles. The van der Waals surface area contributed by atoms with Gasteiger partial charge in [0.1, 0.15) is 36.7 Å². The average molecular weight is 454 g/mol. The Labute approximate surface area is 197 Å². The average Bonchev–Trinajstić information content (AvgIpc) is 2.86. The topological polar surface area (TPSA) is 77.4 Å². The van der Waals surface area contributed by atoms with Crippen LogP contribution in [-0.4, -0.2) is 37.4 Å². The minimum Gasteiger partial charge on any atom is -0.487 e. The normalized spacial score (nSPS) is 16.6. The van der Waals surface area contributed by atoms with E-state index in [2.05, 4.69) is 5.16 Å². The minimum absolute atomic E-state index is 0.213. The number of hydrogen-bond acceptors (Lipinski definition) is 6. The van der Waals surface area contributed by atoms with E-state index in [9.17, 15) is 4.79 Å². The van der Waals surface area contributed by atoms with Crippen molar-refractivity contribution in [2.24, 2.45) is 11.1 Å². The molecule has 1 N–H and O–H groups in total. The molecule has 0 radical (unpaired) electrons. The van der Waals surface area contributed by atoms with Crippen LogP contribution in [0.1, 0.15) is 33.6 Å². The molecule has 1 atom stereocenters. The molecule has 1 aliphatic carbocycles. The van der Waals surface area contributed by atoms with Crippen molar-refractivity contribution in [3.63, 3.8) is 0 Å². The molecule has 0 heterocycles. The monoisotopic (exact) mass is 453 g/mol. The molecule has 0 aliphatic heterocycles. The number of hydrogen-bond donors (Lipinski definition) is 1. The molecule has 1 aliphatic rings. The van der Waals surface area contributed by atoms with E-state index < -0.39 is 0 Å². The van der Waals surface area contributed by atoms with Gasteiger partial charge in [0.05, 0.1) is 6.26 Å². The van der Waals surface area contributed by atoms with Gasteiger partial charge in [0, 0.05) is 7.11 Å². The molecule has 0 aromatic heterocycles. The summed E-state index contributed by atoms with van der Waals surface area (Å²) < 4.78 is 11.5. The highest BCUT2D eigenvalue weighted by molar-refractivity contribution is 6.03. The predicted octanol–water partition coefficient (Wildman–Crippen LogP) is 5.54. The maximum Gasteiger partial charge on any atom is 0.146 e. The molecule has 0 saturated heterocycles. The van der Waals surface area contributed by atoms with Crippen LogP contribution >= 0.6 is 0 Å². The third-order valence-corrected chi connectivity index (χ3v) is 4.59. The standard InChI is InChI=1S/C26H31NO4.CH4O/c1-4-16-31-27-26(20-30-25-15-14-21(3)23(18-25)19-28)22(5-2)11-9-10-17-29-24-12-7-6-8-13-24;1-2/h5-13,15,17-19,21H,4,14,16,20H2,1-3H3;2H,1H3/b11-9-,17-10+,22-5+,27-26+;. The SMILES string of the molecule is C/C=C(\C=C/C=C/Oc1ccccc1)C(/COC1=CCC(C)C(C=O)=C1)=N/OCCC.CO. The van der Waals surface area contributed by atoms with Crippen LogP contribution in [0.15, 0.2) is 95.1 Å². The Morgan fingerprint density at radius 1 is 1.21 bits per heavy atom. The van der Waals surface area contributed by atoms with Crippen molar-refractivity contribution in [2.45, 2.75) is 33.6 Å². The molecule has 178 valence electrons. The lowest BCUT2D eigenvalue weighted by Crippen LogP contribution is -2.14. The van der Waals surface area contributed by atoms with Crippen molar-refractivity contribution in [1.29, 1.82) is 0 Å². The fourth-order valence-corrected chi connectivity index (χ4v) is 2.75. The van der Waals surface area contributed by atoms with E-state index in [0.717, 1.165) is 43.1 Å². The Bertz CT molecular complexity index is 879. The van der Waals surface area contributed by atoms with E-state index >= 15 is 0 Å². The van der Waals surface area contributed by atoms with Gasteiger partial charge in [-0.05, 0) is 67.2 Å². The van der Waals surface area contributed by atoms with Gasteiger partial charge in [-0.2, -0.15) is 0 Å². The summed E-state index contributed by atoms with van der Waals surface area (Å²) in [6.45, 7) is 6.76. The number of ether oxygens (including phenoxy) is 2. The number of para-hydroxylation sites is 1. The first kappa shape index (κ1) is 27.7. The van der Waals surface area contributed by atoms with E-state index in [1.807, 2.05) is 81.5 Å². The summed E-state index contributed by atoms with van der Waals surface area (Å²) in [5.74, 6) is 1.67. The first-order valence-electron chi connectivity index (χ1n) is 11.0. The number of aldehydes is 1. The van der Waals surface area contributed by atoms with Gasteiger partial charge in [0.2, 0.25) is 0 Å². The summed E-state index contributed by atoms with van der Waals surface area (Å²) in [5, 5.41) is 11.3. The highest BCUT2D eigenvalue weighted by atomic mass is 16.6. The number of rotatable bonds is 12. The van der Waals surface area contributed by atoms with Gasteiger partial charge in [-0.25, -0.2) is 0 Å². The molecule has 0 amide bonds. The van der Waals surface area contributed by atoms with Crippen LogP contribution in [0.25, 0.3) is 0 Å². The number of oxime groups is 1. The number of benzene rings is 1.